The molecule has 5 nitrogen and oxygen atoms in total. The van der Waals surface area contributed by atoms with Crippen molar-refractivity contribution in [1.82, 2.24) is 9.97 Å². The van der Waals surface area contributed by atoms with Gasteiger partial charge in [0.2, 0.25) is 5.89 Å². The molecule has 3 rings (SSSR count). The third-order valence-electron chi connectivity index (χ3n) is 2.60. The number of aromatic carboxylic acids is 1. The molecule has 0 atom stereocenters. The van der Waals surface area contributed by atoms with Crippen LogP contribution < -0.4 is 0 Å². The molecule has 0 aliphatic rings. The Morgan fingerprint density at radius 3 is 2.89 bits per heavy atom. The fraction of sp³-hybridized carbons (Fsp3) is 0. The first-order valence-corrected chi connectivity index (χ1v) is 6.19. The van der Waals surface area contributed by atoms with Crippen LogP contribution in [-0.4, -0.2) is 21.0 Å². The lowest BCUT2D eigenvalue weighted by Crippen LogP contribution is -1.94. The third-order valence-corrected chi connectivity index (χ3v) is 3.24. The number of aromatic nitrogens is 2. The van der Waals surface area contributed by atoms with Gasteiger partial charge in [0.25, 0.3) is 0 Å². The van der Waals surface area contributed by atoms with Crippen LogP contribution in [0.1, 0.15) is 10.4 Å². The van der Waals surface area contributed by atoms with Crippen LogP contribution in [0.5, 0.6) is 0 Å². The van der Waals surface area contributed by atoms with Crippen LogP contribution >= 0.6 is 15.9 Å². The molecule has 0 saturated heterocycles. The maximum Gasteiger partial charge on any atom is 0.335 e. The first-order valence-electron chi connectivity index (χ1n) is 5.40. The lowest BCUT2D eigenvalue weighted by molar-refractivity contribution is 0.0697. The van der Waals surface area contributed by atoms with Crippen molar-refractivity contribution in [1.29, 1.82) is 0 Å². The van der Waals surface area contributed by atoms with Gasteiger partial charge in [0.1, 0.15) is 11.2 Å². The van der Waals surface area contributed by atoms with Gasteiger partial charge in [-0.25, -0.2) is 14.8 Å². The molecule has 0 aliphatic carbocycles. The van der Waals surface area contributed by atoms with Crippen molar-refractivity contribution in [2.75, 3.05) is 0 Å². The van der Waals surface area contributed by atoms with Gasteiger partial charge in [0.15, 0.2) is 5.58 Å². The van der Waals surface area contributed by atoms with E-state index in [-0.39, 0.29) is 5.56 Å². The van der Waals surface area contributed by atoms with Crippen LogP contribution in [0.4, 0.5) is 0 Å². The van der Waals surface area contributed by atoms with Gasteiger partial charge in [-0.3, -0.25) is 0 Å². The first-order chi connectivity index (χ1) is 9.15. The van der Waals surface area contributed by atoms with E-state index in [0.717, 1.165) is 4.47 Å². The predicted octanol–water partition coefficient (Wildman–Crippen LogP) is 3.35. The number of rotatable bonds is 2. The maximum absolute atomic E-state index is 10.9. The van der Waals surface area contributed by atoms with Crippen LogP contribution in [0.15, 0.2) is 45.4 Å². The molecule has 19 heavy (non-hydrogen) atoms. The van der Waals surface area contributed by atoms with Crippen molar-refractivity contribution in [2.45, 2.75) is 0 Å². The third kappa shape index (κ3) is 2.10. The molecule has 0 amide bonds. The summed E-state index contributed by atoms with van der Waals surface area (Å²) >= 11 is 3.37. The normalized spacial score (nSPS) is 10.8. The van der Waals surface area contributed by atoms with E-state index >= 15 is 0 Å². The summed E-state index contributed by atoms with van der Waals surface area (Å²) in [5.41, 5.74) is 1.76. The van der Waals surface area contributed by atoms with Gasteiger partial charge in [0.05, 0.1) is 5.56 Å². The minimum atomic E-state index is -1.00. The highest BCUT2D eigenvalue weighted by molar-refractivity contribution is 9.10. The minimum absolute atomic E-state index is 0.162. The van der Waals surface area contributed by atoms with Gasteiger partial charge in [-0.15, -0.1) is 0 Å². The number of hydrogen-bond acceptors (Lipinski definition) is 4. The Hall–Kier alpha value is -2.21. The highest BCUT2D eigenvalue weighted by Gasteiger charge is 2.13. The van der Waals surface area contributed by atoms with Crippen LogP contribution in [0.2, 0.25) is 0 Å². The Bertz CT molecular complexity index is 782. The van der Waals surface area contributed by atoms with Crippen LogP contribution in [0.3, 0.4) is 0 Å². The van der Waals surface area contributed by atoms with E-state index in [1.807, 2.05) is 6.07 Å². The van der Waals surface area contributed by atoms with Crippen molar-refractivity contribution in [3.8, 4) is 11.6 Å². The van der Waals surface area contributed by atoms with Crippen LogP contribution in [0.25, 0.3) is 22.7 Å². The standard InChI is InChI=1S/C13H7BrN2O3/c14-8-2-1-5-15-11(8)12-16-9-4-3-7(13(17)18)6-10(9)19-12/h1-6H,(H,17,18). The zero-order valence-corrected chi connectivity index (χ0v) is 11.1. The van der Waals surface area contributed by atoms with Crippen molar-refractivity contribution >= 4 is 33.0 Å². The van der Waals surface area contributed by atoms with Crippen molar-refractivity contribution < 1.29 is 14.3 Å². The summed E-state index contributed by atoms with van der Waals surface area (Å²) in [5.74, 6) is -0.649. The summed E-state index contributed by atoms with van der Waals surface area (Å²) in [7, 11) is 0. The highest BCUT2D eigenvalue weighted by Crippen LogP contribution is 2.28. The smallest absolute Gasteiger partial charge is 0.335 e. The number of carboxylic acid groups (broad SMARTS) is 1. The summed E-state index contributed by atoms with van der Waals surface area (Å²) < 4.78 is 6.32. The van der Waals surface area contributed by atoms with E-state index in [4.69, 9.17) is 9.52 Å². The molecule has 0 unspecified atom stereocenters. The topological polar surface area (TPSA) is 76.2 Å². The van der Waals surface area contributed by atoms with E-state index in [0.29, 0.717) is 22.7 Å². The summed E-state index contributed by atoms with van der Waals surface area (Å²) in [6, 6.07) is 8.18. The largest absolute Gasteiger partial charge is 0.478 e. The Morgan fingerprint density at radius 2 is 2.16 bits per heavy atom. The Kier molecular flexibility index (Phi) is 2.79. The van der Waals surface area contributed by atoms with Gasteiger partial charge < -0.3 is 9.52 Å². The number of benzene rings is 1. The fourth-order valence-corrected chi connectivity index (χ4v) is 2.13. The van der Waals surface area contributed by atoms with E-state index in [2.05, 4.69) is 25.9 Å². The second-order valence-electron chi connectivity index (χ2n) is 3.84. The molecule has 0 bridgehead atoms. The number of oxazole rings is 1. The molecule has 6 heteroatoms. The molecule has 0 spiro atoms. The van der Waals surface area contributed by atoms with Gasteiger partial charge in [-0.05, 0) is 46.3 Å². The summed E-state index contributed by atoms with van der Waals surface area (Å²) in [5, 5.41) is 8.93. The number of pyridine rings is 1. The van der Waals surface area contributed by atoms with Gasteiger partial charge in [-0.2, -0.15) is 0 Å². The molecule has 1 aromatic carbocycles. The molecule has 1 N–H and O–H groups in total. The average Bonchev–Trinajstić information content (AvgIpc) is 2.81. The molecule has 3 aromatic rings. The highest BCUT2D eigenvalue weighted by atomic mass is 79.9. The molecule has 0 aliphatic heterocycles. The van der Waals surface area contributed by atoms with E-state index in [1.165, 1.54) is 12.1 Å². The lowest BCUT2D eigenvalue weighted by atomic mass is 10.2. The maximum atomic E-state index is 10.9. The molecule has 0 fully saturated rings. The zero-order chi connectivity index (χ0) is 13.4. The molecular formula is C13H7BrN2O3. The summed E-state index contributed by atoms with van der Waals surface area (Å²) in [4.78, 5) is 19.4. The molecule has 0 saturated carbocycles. The summed E-state index contributed by atoms with van der Waals surface area (Å²) in [6.45, 7) is 0. The Labute approximate surface area is 116 Å². The van der Waals surface area contributed by atoms with Crippen LogP contribution in [0, 0.1) is 0 Å². The molecular weight excluding hydrogens is 312 g/mol. The van der Waals surface area contributed by atoms with Crippen molar-refractivity contribution in [2.24, 2.45) is 0 Å². The number of hydrogen-bond donors (Lipinski definition) is 1. The number of nitrogens with zero attached hydrogens (tertiary/aromatic N) is 2. The summed E-state index contributed by atoms with van der Waals surface area (Å²) in [6.07, 6.45) is 1.64. The minimum Gasteiger partial charge on any atom is -0.478 e. The quantitative estimate of drug-likeness (QED) is 0.784. The number of carbonyl (C=O) groups is 1. The predicted molar refractivity (Wildman–Crippen MR) is 71.9 cm³/mol. The lowest BCUT2D eigenvalue weighted by Gasteiger charge is -1.96. The first kappa shape index (κ1) is 11.9. The number of carboxylic acids is 1. The Morgan fingerprint density at radius 1 is 1.32 bits per heavy atom. The fourth-order valence-electron chi connectivity index (χ4n) is 1.70. The SMILES string of the molecule is O=C(O)c1ccc2nc(-c3ncccc3Br)oc2c1. The van der Waals surface area contributed by atoms with Crippen molar-refractivity contribution in [3.63, 3.8) is 0 Å². The molecule has 0 radical (unpaired) electrons. The van der Waals surface area contributed by atoms with Crippen LogP contribution in [-0.2, 0) is 0 Å². The van der Waals surface area contributed by atoms with Gasteiger partial charge in [0, 0.05) is 10.7 Å². The number of fused-ring (bicyclic) bond motifs is 1. The van der Waals surface area contributed by atoms with E-state index < -0.39 is 5.97 Å². The van der Waals surface area contributed by atoms with Crippen molar-refractivity contribution in [3.05, 3.63) is 46.6 Å². The van der Waals surface area contributed by atoms with Gasteiger partial charge in [-0.1, -0.05) is 0 Å². The monoisotopic (exact) mass is 318 g/mol. The molecule has 2 heterocycles. The second kappa shape index (κ2) is 4.47. The molecule has 94 valence electrons. The Balaban J connectivity index is 2.17. The van der Waals surface area contributed by atoms with E-state index in [1.54, 1.807) is 18.3 Å². The van der Waals surface area contributed by atoms with E-state index in [9.17, 15) is 4.79 Å². The molecule has 2 aromatic heterocycles. The second-order valence-corrected chi connectivity index (χ2v) is 4.69. The van der Waals surface area contributed by atoms with Gasteiger partial charge >= 0.3 is 5.97 Å². The average molecular weight is 319 g/mol. The zero-order valence-electron chi connectivity index (χ0n) is 9.50. The number of halogens is 1.